The zero-order valence-electron chi connectivity index (χ0n) is 15.6. The molecule has 158 valence electrons. The molecule has 0 fully saturated rings. The summed E-state index contributed by atoms with van der Waals surface area (Å²) >= 11 is 7.61. The summed E-state index contributed by atoms with van der Waals surface area (Å²) in [5, 5.41) is 8.96. The van der Waals surface area contributed by atoms with Crippen LogP contribution in [0.15, 0.2) is 57.8 Å². The molecule has 0 aliphatic carbocycles. The Morgan fingerprint density at radius 1 is 1.17 bits per heavy atom. The number of ether oxygens (including phenoxy) is 1. The van der Waals surface area contributed by atoms with Crippen molar-refractivity contribution in [1.29, 1.82) is 0 Å². The van der Waals surface area contributed by atoms with E-state index in [-0.39, 0.29) is 5.75 Å². The minimum Gasteiger partial charge on any atom is -0.480 e. The number of hydrogen-bond donors (Lipinski definition) is 1. The highest BCUT2D eigenvalue weighted by molar-refractivity contribution is 7.98. The molecule has 0 aliphatic rings. The van der Waals surface area contributed by atoms with Crippen LogP contribution in [-0.2, 0) is 16.7 Å². The normalized spacial score (nSPS) is 11.5. The molecule has 0 spiro atoms. The second-order valence-corrected chi connectivity index (χ2v) is 7.79. The van der Waals surface area contributed by atoms with Gasteiger partial charge in [0.2, 0.25) is 0 Å². The van der Waals surface area contributed by atoms with Gasteiger partial charge < -0.3 is 14.3 Å². The van der Waals surface area contributed by atoms with Gasteiger partial charge in [0.1, 0.15) is 17.3 Å². The third kappa shape index (κ3) is 5.52. The number of alkyl halides is 3. The predicted molar refractivity (Wildman–Crippen MR) is 108 cm³/mol. The molecule has 0 unspecified atom stereocenters. The van der Waals surface area contributed by atoms with Gasteiger partial charge in [0.15, 0.2) is 6.61 Å². The number of furan rings is 1. The van der Waals surface area contributed by atoms with Gasteiger partial charge in [-0.15, -0.1) is 11.8 Å². The Balaban J connectivity index is 1.68. The van der Waals surface area contributed by atoms with Crippen LogP contribution < -0.4 is 4.74 Å². The van der Waals surface area contributed by atoms with E-state index < -0.39 is 24.3 Å². The van der Waals surface area contributed by atoms with Crippen molar-refractivity contribution in [1.82, 2.24) is 0 Å². The quantitative estimate of drug-likeness (QED) is 0.402. The lowest BCUT2D eigenvalue weighted by Gasteiger charge is -2.07. The molecular weight excluding hydrogens is 441 g/mol. The summed E-state index contributed by atoms with van der Waals surface area (Å²) < 4.78 is 48.9. The van der Waals surface area contributed by atoms with Crippen molar-refractivity contribution in [2.24, 2.45) is 0 Å². The fraction of sp³-hybridized carbons (Fsp3) is 0.190. The molecule has 0 bridgehead atoms. The van der Waals surface area contributed by atoms with Crippen molar-refractivity contribution in [2.45, 2.75) is 23.7 Å². The first-order valence-electron chi connectivity index (χ1n) is 8.67. The number of hydrogen-bond acceptors (Lipinski definition) is 4. The summed E-state index contributed by atoms with van der Waals surface area (Å²) in [5.74, 6) is 0.912. The molecule has 1 heterocycles. The molecule has 3 aromatic rings. The number of halogens is 4. The van der Waals surface area contributed by atoms with Gasteiger partial charge in [-0.1, -0.05) is 23.7 Å². The molecule has 1 aromatic heterocycles. The fourth-order valence-electron chi connectivity index (χ4n) is 2.62. The number of benzene rings is 2. The van der Waals surface area contributed by atoms with Crippen molar-refractivity contribution in [3.05, 3.63) is 70.4 Å². The Hall–Kier alpha value is -2.58. The average molecular weight is 457 g/mol. The van der Waals surface area contributed by atoms with Crippen LogP contribution in [0, 0.1) is 6.92 Å². The molecule has 0 radical (unpaired) electrons. The van der Waals surface area contributed by atoms with Crippen LogP contribution >= 0.6 is 23.4 Å². The van der Waals surface area contributed by atoms with Gasteiger partial charge in [-0.2, -0.15) is 13.2 Å². The number of aryl methyl sites for hydroxylation is 1. The van der Waals surface area contributed by atoms with Gasteiger partial charge in [-0.3, -0.25) is 0 Å². The van der Waals surface area contributed by atoms with Gasteiger partial charge in [0, 0.05) is 21.8 Å². The summed E-state index contributed by atoms with van der Waals surface area (Å²) in [7, 11) is 0. The maximum atomic E-state index is 12.7. The minimum atomic E-state index is -4.38. The maximum Gasteiger partial charge on any atom is 0.416 e. The van der Waals surface area contributed by atoms with Crippen LogP contribution in [0.2, 0.25) is 5.02 Å². The highest BCUT2D eigenvalue weighted by atomic mass is 35.5. The topological polar surface area (TPSA) is 59.7 Å². The molecule has 0 aliphatic heterocycles. The zero-order valence-corrected chi connectivity index (χ0v) is 17.2. The van der Waals surface area contributed by atoms with Gasteiger partial charge in [0.25, 0.3) is 0 Å². The lowest BCUT2D eigenvalue weighted by molar-refractivity contribution is -0.139. The first-order chi connectivity index (χ1) is 14.1. The summed E-state index contributed by atoms with van der Waals surface area (Å²) in [6.07, 6.45) is -4.38. The van der Waals surface area contributed by atoms with E-state index in [1.54, 1.807) is 31.2 Å². The van der Waals surface area contributed by atoms with Crippen molar-refractivity contribution < 1.29 is 32.2 Å². The summed E-state index contributed by atoms with van der Waals surface area (Å²) in [4.78, 5) is 11.4. The molecule has 9 heteroatoms. The van der Waals surface area contributed by atoms with Gasteiger partial charge in [-0.05, 0) is 43.3 Å². The standard InChI is InChI=1S/C21H16ClF3O4S/c1-12-14(8-19(29-12)13-2-4-15(5-3-13)21(23,24)25)11-30-16-6-7-18(17(22)9-16)28-10-20(26)27/h2-9H,10-11H2,1H3,(H,26,27). The SMILES string of the molecule is Cc1oc(-c2ccc(C(F)(F)F)cc2)cc1CSc1ccc(OCC(=O)O)c(Cl)c1. The lowest BCUT2D eigenvalue weighted by Crippen LogP contribution is -2.09. The molecule has 0 amide bonds. The Kier molecular flexibility index (Phi) is 6.67. The largest absolute Gasteiger partial charge is 0.480 e. The van der Waals surface area contributed by atoms with Crippen molar-refractivity contribution in [3.8, 4) is 17.1 Å². The Morgan fingerprint density at radius 2 is 1.87 bits per heavy atom. The van der Waals surface area contributed by atoms with E-state index in [1.807, 2.05) is 0 Å². The highest BCUT2D eigenvalue weighted by Gasteiger charge is 2.30. The van der Waals surface area contributed by atoms with E-state index in [2.05, 4.69) is 0 Å². The van der Waals surface area contributed by atoms with Crippen molar-refractivity contribution in [3.63, 3.8) is 0 Å². The van der Waals surface area contributed by atoms with Gasteiger partial charge >= 0.3 is 12.1 Å². The fourth-order valence-corrected chi connectivity index (χ4v) is 3.89. The average Bonchev–Trinajstić information content (AvgIpc) is 3.05. The van der Waals surface area contributed by atoms with Crippen LogP contribution in [0.3, 0.4) is 0 Å². The van der Waals surface area contributed by atoms with Gasteiger partial charge in [-0.25, -0.2) is 4.79 Å². The molecule has 2 aromatic carbocycles. The maximum absolute atomic E-state index is 12.7. The van der Waals surface area contributed by atoms with E-state index in [1.165, 1.54) is 23.9 Å². The highest BCUT2D eigenvalue weighted by Crippen LogP contribution is 2.35. The third-order valence-corrected chi connectivity index (χ3v) is 5.50. The van der Waals surface area contributed by atoms with Gasteiger partial charge in [0.05, 0.1) is 10.6 Å². The first kappa shape index (κ1) is 22.1. The molecule has 30 heavy (non-hydrogen) atoms. The van der Waals surface area contributed by atoms with Crippen LogP contribution in [0.1, 0.15) is 16.9 Å². The lowest BCUT2D eigenvalue weighted by atomic mass is 10.1. The number of carbonyl (C=O) groups is 1. The molecule has 0 saturated carbocycles. The van der Waals surface area contributed by atoms with Crippen LogP contribution in [0.5, 0.6) is 5.75 Å². The summed E-state index contributed by atoms with van der Waals surface area (Å²) in [6.45, 7) is 1.31. The zero-order chi connectivity index (χ0) is 21.9. The molecule has 0 saturated heterocycles. The second-order valence-electron chi connectivity index (χ2n) is 6.33. The van der Waals surface area contributed by atoms with Crippen LogP contribution in [0.25, 0.3) is 11.3 Å². The number of aliphatic carboxylic acids is 1. The third-order valence-electron chi connectivity index (χ3n) is 4.17. The monoisotopic (exact) mass is 456 g/mol. The molecule has 1 N–H and O–H groups in total. The number of rotatable bonds is 7. The summed E-state index contributed by atoms with van der Waals surface area (Å²) in [6, 6.07) is 11.7. The van der Waals surface area contributed by atoms with E-state index in [0.717, 1.165) is 22.6 Å². The first-order valence-corrected chi connectivity index (χ1v) is 10.0. The molecule has 4 nitrogen and oxygen atoms in total. The molecule has 3 rings (SSSR count). The van der Waals surface area contributed by atoms with E-state index in [4.69, 9.17) is 25.9 Å². The smallest absolute Gasteiger partial charge is 0.416 e. The Labute approximate surface area is 179 Å². The van der Waals surface area contributed by atoms with E-state index in [9.17, 15) is 18.0 Å². The molecular formula is C21H16ClF3O4S. The number of carboxylic acids is 1. The minimum absolute atomic E-state index is 0.285. The predicted octanol–water partition coefficient (Wildman–Crippen LogP) is 6.68. The number of carboxylic acid groups (broad SMARTS) is 1. The van der Waals surface area contributed by atoms with Crippen molar-refractivity contribution >= 4 is 29.3 Å². The molecule has 0 atom stereocenters. The van der Waals surface area contributed by atoms with Crippen LogP contribution in [0.4, 0.5) is 13.2 Å². The Bertz CT molecular complexity index is 1050. The van der Waals surface area contributed by atoms with Crippen molar-refractivity contribution in [2.75, 3.05) is 6.61 Å². The van der Waals surface area contributed by atoms with Crippen LogP contribution in [-0.4, -0.2) is 17.7 Å². The second kappa shape index (κ2) is 9.06. The number of thioether (sulfide) groups is 1. The Morgan fingerprint density at radius 3 is 2.47 bits per heavy atom. The summed E-state index contributed by atoms with van der Waals surface area (Å²) in [5.41, 5.74) is 0.750. The van der Waals surface area contributed by atoms with E-state index >= 15 is 0 Å². The van der Waals surface area contributed by atoms with E-state index in [0.29, 0.717) is 27.9 Å².